The largest absolute Gasteiger partial charge is 0.481 e. The second-order valence-corrected chi connectivity index (χ2v) is 8.14. The summed E-state index contributed by atoms with van der Waals surface area (Å²) in [5.74, 6) is -2.52. The van der Waals surface area contributed by atoms with Crippen LogP contribution < -0.4 is 4.72 Å². The lowest BCUT2D eigenvalue weighted by atomic mass is 10.1. The summed E-state index contributed by atoms with van der Waals surface area (Å²) in [5.41, 5.74) is 0. The first kappa shape index (κ1) is 18.1. The SMILES string of the molecule is CCC(CNS(=O)(=O)c1cc(C(=O)OC)sc1Br)C(=O)O. The van der Waals surface area contributed by atoms with E-state index in [1.54, 1.807) is 6.92 Å². The monoisotopic (exact) mass is 399 g/mol. The highest BCUT2D eigenvalue weighted by Gasteiger charge is 2.25. The van der Waals surface area contributed by atoms with Gasteiger partial charge in [0.1, 0.15) is 9.77 Å². The van der Waals surface area contributed by atoms with Gasteiger partial charge in [-0.3, -0.25) is 4.79 Å². The van der Waals surface area contributed by atoms with Gasteiger partial charge >= 0.3 is 11.9 Å². The van der Waals surface area contributed by atoms with E-state index in [9.17, 15) is 18.0 Å². The predicted molar refractivity (Wildman–Crippen MR) is 80.0 cm³/mol. The van der Waals surface area contributed by atoms with E-state index in [2.05, 4.69) is 25.4 Å². The minimum Gasteiger partial charge on any atom is -0.481 e. The number of rotatable bonds is 7. The number of halogens is 1. The molecule has 2 N–H and O–H groups in total. The summed E-state index contributed by atoms with van der Waals surface area (Å²) in [7, 11) is -2.71. The van der Waals surface area contributed by atoms with Gasteiger partial charge in [0.15, 0.2) is 0 Å². The van der Waals surface area contributed by atoms with Crippen molar-refractivity contribution in [3.63, 3.8) is 0 Å². The zero-order valence-electron chi connectivity index (χ0n) is 11.3. The number of carbonyl (C=O) groups is 2. The van der Waals surface area contributed by atoms with Crippen LogP contribution >= 0.6 is 27.3 Å². The molecule has 0 spiro atoms. The number of ether oxygens (including phenoxy) is 1. The molecule has 1 atom stereocenters. The van der Waals surface area contributed by atoms with E-state index >= 15 is 0 Å². The first-order chi connectivity index (χ1) is 9.72. The minimum absolute atomic E-state index is 0.117. The van der Waals surface area contributed by atoms with Crippen LogP contribution in [0.4, 0.5) is 0 Å². The van der Waals surface area contributed by atoms with Crippen molar-refractivity contribution in [3.05, 3.63) is 14.7 Å². The predicted octanol–water partition coefficient (Wildman–Crippen LogP) is 1.69. The molecule has 0 amide bonds. The van der Waals surface area contributed by atoms with Crippen LogP contribution in [-0.4, -0.2) is 39.1 Å². The number of sulfonamides is 1. The van der Waals surface area contributed by atoms with Gasteiger partial charge in [-0.15, -0.1) is 11.3 Å². The lowest BCUT2D eigenvalue weighted by molar-refractivity contribution is -0.141. The summed E-state index contributed by atoms with van der Waals surface area (Å²) in [4.78, 5) is 22.3. The van der Waals surface area contributed by atoms with E-state index in [1.807, 2.05) is 0 Å². The van der Waals surface area contributed by atoms with Crippen molar-refractivity contribution in [2.75, 3.05) is 13.7 Å². The molecule has 0 saturated heterocycles. The van der Waals surface area contributed by atoms with Gasteiger partial charge in [0.05, 0.1) is 16.8 Å². The number of thiophene rings is 1. The fraction of sp³-hybridized carbons (Fsp3) is 0.455. The van der Waals surface area contributed by atoms with Crippen LogP contribution in [0.15, 0.2) is 14.7 Å². The Morgan fingerprint density at radius 3 is 2.62 bits per heavy atom. The van der Waals surface area contributed by atoms with Crippen LogP contribution in [0.25, 0.3) is 0 Å². The average Bonchev–Trinajstić information content (AvgIpc) is 2.81. The quantitative estimate of drug-likeness (QED) is 0.674. The lowest BCUT2D eigenvalue weighted by Crippen LogP contribution is -2.32. The van der Waals surface area contributed by atoms with Gasteiger partial charge in [-0.1, -0.05) is 6.92 Å². The molecule has 1 rings (SSSR count). The molecule has 7 nitrogen and oxygen atoms in total. The average molecular weight is 400 g/mol. The lowest BCUT2D eigenvalue weighted by Gasteiger charge is -2.11. The maximum Gasteiger partial charge on any atom is 0.348 e. The molecular formula is C11H14BrNO6S2. The van der Waals surface area contributed by atoms with Gasteiger partial charge in [-0.2, -0.15) is 0 Å². The number of nitrogens with one attached hydrogen (secondary N) is 1. The van der Waals surface area contributed by atoms with Gasteiger partial charge in [0.25, 0.3) is 0 Å². The molecule has 1 aromatic heterocycles. The first-order valence-corrected chi connectivity index (χ1v) is 8.92. The highest BCUT2D eigenvalue weighted by Crippen LogP contribution is 2.32. The maximum absolute atomic E-state index is 12.1. The Labute approximate surface area is 134 Å². The smallest absolute Gasteiger partial charge is 0.348 e. The molecule has 0 bridgehead atoms. The van der Waals surface area contributed by atoms with Gasteiger partial charge in [0, 0.05) is 6.54 Å². The second-order valence-electron chi connectivity index (χ2n) is 4.04. The third kappa shape index (κ3) is 4.50. The Bertz CT molecular complexity index is 639. The van der Waals surface area contributed by atoms with Crippen molar-refractivity contribution in [2.24, 2.45) is 5.92 Å². The van der Waals surface area contributed by atoms with Crippen molar-refractivity contribution in [2.45, 2.75) is 18.2 Å². The molecule has 0 aliphatic heterocycles. The van der Waals surface area contributed by atoms with Crippen LogP contribution in [0.2, 0.25) is 0 Å². The fourth-order valence-electron chi connectivity index (χ4n) is 1.43. The third-order valence-corrected chi connectivity index (χ3v) is 6.35. The molecule has 0 aliphatic rings. The zero-order chi connectivity index (χ0) is 16.2. The summed E-state index contributed by atoms with van der Waals surface area (Å²) in [6.07, 6.45) is 0.302. The van der Waals surface area contributed by atoms with Crippen molar-refractivity contribution >= 4 is 49.2 Å². The number of hydrogen-bond acceptors (Lipinski definition) is 6. The van der Waals surface area contributed by atoms with Gasteiger partial charge < -0.3 is 9.84 Å². The Hall–Kier alpha value is -0.970. The molecular weight excluding hydrogens is 386 g/mol. The Kier molecular flexibility index (Phi) is 6.32. The normalized spacial score (nSPS) is 12.9. The number of hydrogen-bond donors (Lipinski definition) is 2. The fourth-order valence-corrected chi connectivity index (χ4v) is 4.99. The van der Waals surface area contributed by atoms with E-state index in [0.717, 1.165) is 11.3 Å². The number of carboxylic acid groups (broad SMARTS) is 1. The Morgan fingerprint density at radius 2 is 2.14 bits per heavy atom. The van der Waals surface area contributed by atoms with Crippen LogP contribution in [0.5, 0.6) is 0 Å². The summed E-state index contributed by atoms with van der Waals surface area (Å²) < 4.78 is 31.3. The number of carboxylic acids is 1. The molecule has 1 heterocycles. The third-order valence-electron chi connectivity index (χ3n) is 2.69. The van der Waals surface area contributed by atoms with E-state index in [1.165, 1.54) is 13.2 Å². The van der Waals surface area contributed by atoms with Crippen molar-refractivity contribution in [3.8, 4) is 0 Å². The van der Waals surface area contributed by atoms with E-state index < -0.39 is 27.9 Å². The van der Waals surface area contributed by atoms with Gasteiger partial charge in [0.2, 0.25) is 10.0 Å². The highest BCUT2D eigenvalue weighted by atomic mass is 79.9. The van der Waals surface area contributed by atoms with Crippen LogP contribution in [-0.2, 0) is 19.6 Å². The summed E-state index contributed by atoms with van der Waals surface area (Å²) in [6, 6.07) is 1.19. The topological polar surface area (TPSA) is 110 Å². The Morgan fingerprint density at radius 1 is 1.52 bits per heavy atom. The Balaban J connectivity index is 2.95. The molecule has 118 valence electrons. The van der Waals surface area contributed by atoms with E-state index in [-0.39, 0.29) is 20.1 Å². The minimum atomic E-state index is -3.91. The highest BCUT2D eigenvalue weighted by molar-refractivity contribution is 9.11. The molecule has 1 aromatic rings. The summed E-state index contributed by atoms with van der Waals surface area (Å²) in [6.45, 7) is 1.44. The van der Waals surface area contributed by atoms with Crippen molar-refractivity contribution < 1.29 is 27.9 Å². The molecule has 0 fully saturated rings. The molecule has 0 aliphatic carbocycles. The summed E-state index contributed by atoms with van der Waals surface area (Å²) >= 11 is 4.01. The van der Waals surface area contributed by atoms with Crippen molar-refractivity contribution in [1.82, 2.24) is 4.72 Å². The van der Waals surface area contributed by atoms with Crippen LogP contribution in [0.3, 0.4) is 0 Å². The second kappa shape index (κ2) is 7.34. The molecule has 10 heteroatoms. The van der Waals surface area contributed by atoms with Crippen molar-refractivity contribution in [1.29, 1.82) is 0 Å². The number of methoxy groups -OCH3 is 1. The molecule has 1 unspecified atom stereocenters. The molecule has 21 heavy (non-hydrogen) atoms. The van der Waals surface area contributed by atoms with Crippen LogP contribution in [0, 0.1) is 5.92 Å². The van der Waals surface area contributed by atoms with E-state index in [4.69, 9.17) is 5.11 Å². The standard InChI is InChI=1S/C11H14BrNO6S2/c1-3-6(10(14)15)5-13-21(17,18)8-4-7(11(16)19-2)20-9(8)12/h4,6,13H,3,5H2,1-2H3,(H,14,15). The van der Waals surface area contributed by atoms with Crippen LogP contribution in [0.1, 0.15) is 23.0 Å². The molecule has 0 radical (unpaired) electrons. The van der Waals surface area contributed by atoms with Gasteiger partial charge in [-0.25, -0.2) is 17.9 Å². The van der Waals surface area contributed by atoms with E-state index in [0.29, 0.717) is 6.42 Å². The maximum atomic E-state index is 12.1. The molecule has 0 aromatic carbocycles. The van der Waals surface area contributed by atoms with Gasteiger partial charge in [-0.05, 0) is 28.4 Å². The summed E-state index contributed by atoms with van der Waals surface area (Å²) in [5, 5.41) is 8.90. The number of aliphatic carboxylic acids is 1. The molecule has 0 saturated carbocycles. The number of esters is 1. The number of carbonyl (C=O) groups excluding carboxylic acids is 1. The zero-order valence-corrected chi connectivity index (χ0v) is 14.5. The first-order valence-electron chi connectivity index (χ1n) is 5.83.